The minimum Gasteiger partial charge on any atom is -1.00 e. The molecule has 0 aliphatic rings. The fourth-order valence-corrected chi connectivity index (χ4v) is 1.87. The van der Waals surface area contributed by atoms with Gasteiger partial charge in [-0.05, 0) is 11.6 Å². The van der Waals surface area contributed by atoms with Gasteiger partial charge in [-0.25, -0.2) is 0 Å². The summed E-state index contributed by atoms with van der Waals surface area (Å²) in [6, 6.07) is 13.6. The molecule has 0 radical (unpaired) electrons. The second kappa shape index (κ2) is 7.43. The summed E-state index contributed by atoms with van der Waals surface area (Å²) in [4.78, 5) is 23.0. The van der Waals surface area contributed by atoms with Gasteiger partial charge in [-0.3, -0.25) is 9.59 Å². The van der Waals surface area contributed by atoms with Crippen LogP contribution in [0.3, 0.4) is 0 Å². The minimum atomic E-state index is -0.976. The topological polar surface area (TPSA) is 80.4 Å². The Morgan fingerprint density at radius 2 is 1.70 bits per heavy atom. The van der Waals surface area contributed by atoms with E-state index in [0.29, 0.717) is 16.7 Å². The SMILES string of the molecule is Nc1c(CC(=O)O)cccc1C(=O)c1ccccc1.[Ca+2].[H-].[H-]. The molecule has 0 aliphatic carbocycles. The number of carboxylic acids is 1. The van der Waals surface area contributed by atoms with Crippen molar-refractivity contribution in [1.82, 2.24) is 0 Å². The predicted molar refractivity (Wildman–Crippen MR) is 80.0 cm³/mol. The van der Waals surface area contributed by atoms with Gasteiger partial charge >= 0.3 is 43.7 Å². The molecule has 0 bridgehead atoms. The monoisotopic (exact) mass is 297 g/mol. The average Bonchev–Trinajstić information content (AvgIpc) is 2.41. The number of nitrogens with two attached hydrogens (primary N) is 1. The second-order valence-corrected chi connectivity index (χ2v) is 4.14. The Morgan fingerprint density at radius 3 is 2.30 bits per heavy atom. The zero-order valence-corrected chi connectivity index (χ0v) is 13.1. The number of nitrogen functional groups attached to an aromatic ring is 1. The van der Waals surface area contributed by atoms with Crippen LogP contribution in [0.25, 0.3) is 0 Å². The van der Waals surface area contributed by atoms with E-state index in [1.165, 1.54) is 0 Å². The normalized spacial score (nSPS) is 9.60. The number of hydrogen-bond donors (Lipinski definition) is 2. The van der Waals surface area contributed by atoms with Crippen LogP contribution in [0.2, 0.25) is 0 Å². The van der Waals surface area contributed by atoms with Gasteiger partial charge in [0, 0.05) is 16.8 Å². The van der Waals surface area contributed by atoms with Crippen molar-refractivity contribution in [2.45, 2.75) is 6.42 Å². The van der Waals surface area contributed by atoms with Gasteiger partial charge in [-0.15, -0.1) is 0 Å². The van der Waals surface area contributed by atoms with Gasteiger partial charge < -0.3 is 13.7 Å². The van der Waals surface area contributed by atoms with E-state index in [0.717, 1.165) is 0 Å². The van der Waals surface area contributed by atoms with Crippen LogP contribution in [-0.4, -0.2) is 54.6 Å². The summed E-state index contributed by atoms with van der Waals surface area (Å²) in [5.41, 5.74) is 7.44. The second-order valence-electron chi connectivity index (χ2n) is 4.14. The Labute approximate surface area is 149 Å². The molecule has 2 aromatic rings. The maximum absolute atomic E-state index is 12.3. The van der Waals surface area contributed by atoms with Crippen molar-refractivity contribution in [3.63, 3.8) is 0 Å². The summed E-state index contributed by atoms with van der Waals surface area (Å²) < 4.78 is 0. The number of aliphatic carboxylic acids is 1. The van der Waals surface area contributed by atoms with Gasteiger partial charge in [-0.2, -0.15) is 0 Å². The molecule has 0 aliphatic heterocycles. The van der Waals surface area contributed by atoms with Crippen LogP contribution >= 0.6 is 0 Å². The molecule has 0 saturated carbocycles. The average molecular weight is 297 g/mol. The summed E-state index contributed by atoms with van der Waals surface area (Å²) in [5.74, 6) is -1.18. The van der Waals surface area contributed by atoms with E-state index in [1.807, 2.05) is 6.07 Å². The fraction of sp³-hybridized carbons (Fsp3) is 0.0667. The summed E-state index contributed by atoms with van der Waals surface area (Å²) in [6.45, 7) is 0. The first-order chi connectivity index (χ1) is 9.09. The molecule has 0 fully saturated rings. The first-order valence-corrected chi connectivity index (χ1v) is 5.78. The van der Waals surface area contributed by atoms with Crippen molar-refractivity contribution in [3.05, 3.63) is 65.2 Å². The Morgan fingerprint density at radius 1 is 1.05 bits per heavy atom. The zero-order valence-electron chi connectivity index (χ0n) is 12.9. The maximum atomic E-state index is 12.3. The number of carbonyl (C=O) groups excluding carboxylic acids is 1. The Hall–Kier alpha value is -1.36. The third-order valence-electron chi connectivity index (χ3n) is 2.82. The van der Waals surface area contributed by atoms with Crippen LogP contribution < -0.4 is 5.73 Å². The molecule has 0 aromatic heterocycles. The summed E-state index contributed by atoms with van der Waals surface area (Å²) in [7, 11) is 0. The quantitative estimate of drug-likeness (QED) is 0.513. The molecular formula is C15H15CaNO3. The summed E-state index contributed by atoms with van der Waals surface area (Å²) in [6.07, 6.45) is -0.193. The van der Waals surface area contributed by atoms with Crippen molar-refractivity contribution >= 4 is 55.2 Å². The van der Waals surface area contributed by atoms with Crippen molar-refractivity contribution in [3.8, 4) is 0 Å². The number of ketones is 1. The fourth-order valence-electron chi connectivity index (χ4n) is 1.87. The van der Waals surface area contributed by atoms with Gasteiger partial charge in [0.1, 0.15) is 0 Å². The Bertz CT molecular complexity index is 636. The van der Waals surface area contributed by atoms with E-state index in [9.17, 15) is 9.59 Å². The maximum Gasteiger partial charge on any atom is 2.00 e. The van der Waals surface area contributed by atoms with E-state index in [-0.39, 0.29) is 58.5 Å². The molecule has 4 nitrogen and oxygen atoms in total. The standard InChI is InChI=1S/C15H13NO3.Ca.2H/c16-14-11(9-13(17)18)7-4-8-12(14)15(19)10-5-2-1-3-6-10;;;/h1-8H,9,16H2,(H,17,18);;;/q;+2;2*-1. The van der Waals surface area contributed by atoms with Crippen LogP contribution in [0.5, 0.6) is 0 Å². The Kier molecular flexibility index (Phi) is 6.20. The van der Waals surface area contributed by atoms with Gasteiger partial charge in [0.2, 0.25) is 0 Å². The molecule has 0 amide bonds. The van der Waals surface area contributed by atoms with Crippen LogP contribution in [0.15, 0.2) is 48.5 Å². The van der Waals surface area contributed by atoms with E-state index in [2.05, 4.69) is 0 Å². The first kappa shape index (κ1) is 16.7. The number of para-hydroxylation sites is 1. The van der Waals surface area contributed by atoms with Crippen molar-refractivity contribution in [2.75, 3.05) is 5.73 Å². The molecule has 0 spiro atoms. The number of hydrogen-bond acceptors (Lipinski definition) is 3. The van der Waals surface area contributed by atoms with Gasteiger partial charge in [0.15, 0.2) is 5.78 Å². The third kappa shape index (κ3) is 3.82. The molecule has 2 rings (SSSR count). The van der Waals surface area contributed by atoms with E-state index in [4.69, 9.17) is 10.8 Å². The van der Waals surface area contributed by atoms with Gasteiger partial charge in [-0.1, -0.05) is 42.5 Å². The number of anilines is 1. The molecule has 0 atom stereocenters. The van der Waals surface area contributed by atoms with E-state index >= 15 is 0 Å². The van der Waals surface area contributed by atoms with Gasteiger partial charge in [0.25, 0.3) is 0 Å². The molecule has 100 valence electrons. The molecule has 3 N–H and O–H groups in total. The predicted octanol–water partition coefficient (Wildman–Crippen LogP) is 1.97. The number of benzene rings is 2. The smallest absolute Gasteiger partial charge is 1.00 e. The molecule has 0 unspecified atom stereocenters. The third-order valence-corrected chi connectivity index (χ3v) is 2.82. The van der Waals surface area contributed by atoms with Gasteiger partial charge in [0.05, 0.1) is 6.42 Å². The van der Waals surface area contributed by atoms with Crippen molar-refractivity contribution in [1.29, 1.82) is 0 Å². The number of carboxylic acid groups (broad SMARTS) is 1. The molecule has 5 heteroatoms. The Balaban J connectivity index is 0. The van der Waals surface area contributed by atoms with E-state index < -0.39 is 5.97 Å². The number of rotatable bonds is 4. The number of carbonyl (C=O) groups is 2. The zero-order chi connectivity index (χ0) is 13.8. The van der Waals surface area contributed by atoms with Crippen LogP contribution in [0, 0.1) is 0 Å². The first-order valence-electron chi connectivity index (χ1n) is 5.78. The molecule has 0 saturated heterocycles. The van der Waals surface area contributed by atoms with Crippen LogP contribution in [0.4, 0.5) is 5.69 Å². The van der Waals surface area contributed by atoms with Crippen molar-refractivity contribution < 1.29 is 17.5 Å². The molecule has 20 heavy (non-hydrogen) atoms. The molecule has 0 heterocycles. The minimum absolute atomic E-state index is 0. The molecule has 2 aromatic carbocycles. The summed E-state index contributed by atoms with van der Waals surface area (Å²) >= 11 is 0. The molecular weight excluding hydrogens is 282 g/mol. The summed E-state index contributed by atoms with van der Waals surface area (Å²) in [5, 5.41) is 8.80. The van der Waals surface area contributed by atoms with E-state index in [1.54, 1.807) is 42.5 Å². The van der Waals surface area contributed by atoms with Crippen LogP contribution in [-0.2, 0) is 11.2 Å². The largest absolute Gasteiger partial charge is 2.00 e. The van der Waals surface area contributed by atoms with Crippen LogP contribution in [0.1, 0.15) is 24.3 Å². The van der Waals surface area contributed by atoms with Crippen molar-refractivity contribution in [2.24, 2.45) is 0 Å².